The van der Waals surface area contributed by atoms with Gasteiger partial charge in [-0.15, -0.1) is 0 Å². The monoisotopic (exact) mass is 369 g/mol. The molecule has 0 radical (unpaired) electrons. The van der Waals surface area contributed by atoms with Gasteiger partial charge < -0.3 is 9.84 Å². The van der Waals surface area contributed by atoms with Gasteiger partial charge in [-0.2, -0.15) is 0 Å². The van der Waals surface area contributed by atoms with Gasteiger partial charge in [-0.25, -0.2) is 0 Å². The van der Waals surface area contributed by atoms with Gasteiger partial charge in [0.15, 0.2) is 0 Å². The fourth-order valence-electron chi connectivity index (χ4n) is 1.90. The van der Waals surface area contributed by atoms with Gasteiger partial charge in [-0.1, -0.05) is 17.7 Å². The first kappa shape index (κ1) is 18.4. The number of halogens is 1. The van der Waals surface area contributed by atoms with Crippen molar-refractivity contribution in [3.05, 3.63) is 33.7 Å². The second-order valence-electron chi connectivity index (χ2n) is 6.07. The number of ether oxygens (including phenoxy) is 1. The summed E-state index contributed by atoms with van der Waals surface area (Å²) in [4.78, 5) is 37.1. The lowest BCUT2D eigenvalue weighted by Gasteiger charge is -2.21. The van der Waals surface area contributed by atoms with E-state index in [1.807, 2.05) is 0 Å². The summed E-state index contributed by atoms with van der Waals surface area (Å²) < 4.78 is 5.12. The van der Waals surface area contributed by atoms with E-state index < -0.39 is 29.3 Å². The first-order valence-corrected chi connectivity index (χ1v) is 8.22. The Morgan fingerprint density at radius 2 is 2.04 bits per heavy atom. The highest BCUT2D eigenvalue weighted by Gasteiger charge is 2.37. The normalized spacial score (nSPS) is 16.8. The van der Waals surface area contributed by atoms with E-state index in [1.165, 1.54) is 18.2 Å². The summed E-state index contributed by atoms with van der Waals surface area (Å²) >= 11 is 6.55. The maximum absolute atomic E-state index is 12.3. The Morgan fingerprint density at radius 1 is 1.38 bits per heavy atom. The van der Waals surface area contributed by atoms with Crippen LogP contribution in [0.1, 0.15) is 26.3 Å². The van der Waals surface area contributed by atoms with Crippen molar-refractivity contribution in [3.63, 3.8) is 0 Å². The molecule has 0 aliphatic carbocycles. The van der Waals surface area contributed by atoms with Crippen LogP contribution in [0.25, 0.3) is 6.08 Å². The lowest BCUT2D eigenvalue weighted by atomic mass is 10.2. The molecule has 128 valence electrons. The fourth-order valence-corrected chi connectivity index (χ4v) is 2.93. The van der Waals surface area contributed by atoms with E-state index in [1.54, 1.807) is 26.8 Å². The van der Waals surface area contributed by atoms with Crippen LogP contribution in [0.2, 0.25) is 5.02 Å². The molecule has 0 bridgehead atoms. The largest absolute Gasteiger partial charge is 0.506 e. The van der Waals surface area contributed by atoms with Crippen molar-refractivity contribution in [1.82, 2.24) is 4.90 Å². The van der Waals surface area contributed by atoms with Gasteiger partial charge in [0, 0.05) is 0 Å². The van der Waals surface area contributed by atoms with Gasteiger partial charge in [-0.05, 0) is 56.3 Å². The number of amides is 2. The van der Waals surface area contributed by atoms with E-state index in [-0.39, 0.29) is 15.7 Å². The SMILES string of the molecule is CC(C)(C)OC(=O)CN1C(=O)SC(=Cc2ccc(O)c(Cl)c2)C1=O. The molecule has 1 aliphatic rings. The average molecular weight is 370 g/mol. The molecule has 0 unspecified atom stereocenters. The van der Waals surface area contributed by atoms with Crippen LogP contribution >= 0.6 is 23.4 Å². The molecule has 1 saturated heterocycles. The second kappa shape index (κ2) is 6.86. The van der Waals surface area contributed by atoms with Crippen LogP contribution < -0.4 is 0 Å². The zero-order valence-electron chi connectivity index (χ0n) is 13.3. The number of benzene rings is 1. The van der Waals surface area contributed by atoms with Gasteiger partial charge in [0.25, 0.3) is 11.1 Å². The molecule has 1 aromatic carbocycles. The van der Waals surface area contributed by atoms with Crippen LogP contribution in [0.4, 0.5) is 4.79 Å². The topological polar surface area (TPSA) is 83.9 Å². The first-order valence-electron chi connectivity index (χ1n) is 7.02. The molecule has 1 fully saturated rings. The number of carbonyl (C=O) groups excluding carboxylic acids is 3. The lowest BCUT2D eigenvalue weighted by molar-refractivity contribution is -0.156. The highest BCUT2D eigenvalue weighted by molar-refractivity contribution is 8.18. The maximum Gasteiger partial charge on any atom is 0.326 e. The molecular formula is C16H16ClNO5S. The Bertz CT molecular complexity index is 738. The van der Waals surface area contributed by atoms with Gasteiger partial charge in [-0.3, -0.25) is 19.3 Å². The van der Waals surface area contributed by atoms with E-state index >= 15 is 0 Å². The number of rotatable bonds is 3. The molecule has 2 rings (SSSR count). The van der Waals surface area contributed by atoms with Crippen molar-refractivity contribution in [1.29, 1.82) is 0 Å². The Balaban J connectivity index is 2.14. The van der Waals surface area contributed by atoms with E-state index in [4.69, 9.17) is 16.3 Å². The second-order valence-corrected chi connectivity index (χ2v) is 7.47. The van der Waals surface area contributed by atoms with Gasteiger partial charge in [0.05, 0.1) is 9.93 Å². The number of nitrogens with zero attached hydrogens (tertiary/aromatic N) is 1. The maximum atomic E-state index is 12.3. The third kappa shape index (κ3) is 4.52. The molecule has 0 spiro atoms. The molecule has 2 amide bonds. The molecule has 0 atom stereocenters. The molecule has 1 aromatic rings. The Hall–Kier alpha value is -1.99. The number of hydrogen-bond acceptors (Lipinski definition) is 6. The van der Waals surface area contributed by atoms with E-state index in [0.29, 0.717) is 5.56 Å². The Morgan fingerprint density at radius 3 is 2.62 bits per heavy atom. The third-order valence-electron chi connectivity index (χ3n) is 2.85. The molecule has 1 N–H and O–H groups in total. The van der Waals surface area contributed by atoms with Crippen molar-refractivity contribution >= 4 is 46.6 Å². The molecule has 0 aromatic heterocycles. The zero-order valence-corrected chi connectivity index (χ0v) is 14.9. The highest BCUT2D eigenvalue weighted by Crippen LogP contribution is 2.33. The van der Waals surface area contributed by atoms with Crippen molar-refractivity contribution in [2.45, 2.75) is 26.4 Å². The van der Waals surface area contributed by atoms with Crippen LogP contribution in [0, 0.1) is 0 Å². The van der Waals surface area contributed by atoms with E-state index in [2.05, 4.69) is 0 Å². The molecule has 0 saturated carbocycles. The van der Waals surface area contributed by atoms with Gasteiger partial charge in [0.1, 0.15) is 17.9 Å². The zero-order chi connectivity index (χ0) is 18.1. The predicted octanol–water partition coefficient (Wildman–Crippen LogP) is 3.42. The number of phenolic OH excluding ortho intramolecular Hbond substituents is 1. The van der Waals surface area contributed by atoms with Crippen LogP contribution in [-0.2, 0) is 14.3 Å². The molecule has 6 nitrogen and oxygen atoms in total. The standard InChI is InChI=1S/C16H16ClNO5S/c1-16(2,3)23-13(20)8-18-14(21)12(24-15(18)22)7-9-4-5-11(19)10(17)6-9/h4-7,19H,8H2,1-3H3. The van der Waals surface area contributed by atoms with Crippen LogP contribution in [-0.4, -0.2) is 39.3 Å². The molecule has 24 heavy (non-hydrogen) atoms. The number of aromatic hydroxyl groups is 1. The van der Waals surface area contributed by atoms with Crippen molar-refractivity contribution < 1.29 is 24.2 Å². The van der Waals surface area contributed by atoms with Gasteiger partial charge >= 0.3 is 5.97 Å². The lowest BCUT2D eigenvalue weighted by Crippen LogP contribution is -2.37. The van der Waals surface area contributed by atoms with Crippen LogP contribution in [0.15, 0.2) is 23.1 Å². The van der Waals surface area contributed by atoms with Crippen molar-refractivity contribution in [2.75, 3.05) is 6.54 Å². The average Bonchev–Trinajstić information content (AvgIpc) is 2.69. The van der Waals surface area contributed by atoms with Crippen molar-refractivity contribution in [2.24, 2.45) is 0 Å². The van der Waals surface area contributed by atoms with Gasteiger partial charge in [0.2, 0.25) is 0 Å². The summed E-state index contributed by atoms with van der Waals surface area (Å²) in [6.45, 7) is 4.67. The summed E-state index contributed by atoms with van der Waals surface area (Å²) in [5.74, 6) is -1.30. The molecule has 1 aliphatic heterocycles. The summed E-state index contributed by atoms with van der Waals surface area (Å²) in [7, 11) is 0. The number of hydrogen-bond donors (Lipinski definition) is 1. The first-order chi connectivity index (χ1) is 11.1. The minimum absolute atomic E-state index is 0.0770. The highest BCUT2D eigenvalue weighted by atomic mass is 35.5. The Kier molecular flexibility index (Phi) is 5.25. The number of thioether (sulfide) groups is 1. The molecule has 1 heterocycles. The van der Waals surface area contributed by atoms with E-state index in [0.717, 1.165) is 16.7 Å². The molecule has 8 heteroatoms. The predicted molar refractivity (Wildman–Crippen MR) is 91.6 cm³/mol. The van der Waals surface area contributed by atoms with Crippen LogP contribution in [0.3, 0.4) is 0 Å². The minimum atomic E-state index is -0.697. The molecular weight excluding hydrogens is 354 g/mol. The summed E-state index contributed by atoms with van der Waals surface area (Å²) in [5, 5.41) is 8.99. The van der Waals surface area contributed by atoms with Crippen LogP contribution in [0.5, 0.6) is 5.75 Å². The number of carbonyl (C=O) groups is 3. The van der Waals surface area contributed by atoms with E-state index in [9.17, 15) is 19.5 Å². The number of esters is 1. The summed E-state index contributed by atoms with van der Waals surface area (Å²) in [5.41, 5.74) is -0.141. The summed E-state index contributed by atoms with van der Waals surface area (Å²) in [6.07, 6.45) is 1.48. The fraction of sp³-hybridized carbons (Fsp3) is 0.312. The smallest absolute Gasteiger partial charge is 0.326 e. The summed E-state index contributed by atoms with van der Waals surface area (Å²) in [6, 6.07) is 4.42. The number of phenols is 1. The third-order valence-corrected chi connectivity index (χ3v) is 4.06. The quantitative estimate of drug-likeness (QED) is 0.649. The number of imide groups is 1. The Labute approximate surface area is 148 Å². The minimum Gasteiger partial charge on any atom is -0.506 e. The van der Waals surface area contributed by atoms with Crippen molar-refractivity contribution in [3.8, 4) is 5.75 Å².